The Bertz CT molecular complexity index is 1060. The minimum absolute atomic E-state index is 0.0591. The van der Waals surface area contributed by atoms with Crippen LogP contribution < -0.4 is 19.1 Å². The summed E-state index contributed by atoms with van der Waals surface area (Å²) in [7, 11) is -3.55. The van der Waals surface area contributed by atoms with Crippen LogP contribution in [0.3, 0.4) is 0 Å². The number of sulfonamides is 1. The Labute approximate surface area is 184 Å². The summed E-state index contributed by atoms with van der Waals surface area (Å²) in [5.41, 5.74) is 2.39. The largest absolute Gasteiger partial charge is 0.491 e. The Morgan fingerprint density at radius 1 is 1.23 bits per heavy atom. The molecule has 3 rings (SSSR count). The smallest absolute Gasteiger partial charge is 0.263 e. The van der Waals surface area contributed by atoms with E-state index in [0.717, 1.165) is 23.1 Å². The molecule has 31 heavy (non-hydrogen) atoms. The molecule has 0 spiro atoms. The number of nitrogens with zero attached hydrogens (tertiary/aromatic N) is 1. The zero-order valence-corrected chi connectivity index (χ0v) is 19.5. The maximum Gasteiger partial charge on any atom is 0.263 e. The predicted octanol–water partition coefficient (Wildman–Crippen LogP) is 3.01. The summed E-state index contributed by atoms with van der Waals surface area (Å²) in [5.74, 6) is 0.784. The van der Waals surface area contributed by atoms with Crippen molar-refractivity contribution in [1.29, 1.82) is 0 Å². The lowest BCUT2D eigenvalue weighted by molar-refractivity contribution is -0.127. The van der Waals surface area contributed by atoms with E-state index in [1.165, 1.54) is 4.31 Å². The molecule has 1 N–H and O–H groups in total. The van der Waals surface area contributed by atoms with E-state index in [9.17, 15) is 13.2 Å². The third kappa shape index (κ3) is 5.50. The second kappa shape index (κ2) is 8.78. The van der Waals surface area contributed by atoms with Gasteiger partial charge in [0.15, 0.2) is 6.10 Å². The van der Waals surface area contributed by atoms with Crippen LogP contribution in [0, 0.1) is 6.92 Å². The molecule has 0 unspecified atom stereocenters. The van der Waals surface area contributed by atoms with Crippen molar-refractivity contribution in [1.82, 2.24) is 5.32 Å². The Morgan fingerprint density at radius 3 is 2.61 bits per heavy atom. The number of anilines is 1. The summed E-state index contributed by atoms with van der Waals surface area (Å²) in [6.45, 7) is 8.71. The summed E-state index contributed by atoms with van der Waals surface area (Å²) in [6, 6.07) is 13.1. The number of nitrogens with one attached hydrogen (secondary N) is 1. The van der Waals surface area contributed by atoms with Crippen LogP contribution in [0.15, 0.2) is 42.5 Å². The third-order valence-electron chi connectivity index (χ3n) is 5.03. The SMILES string of the molecule is Cc1ccc2c(c1)O[C@H](C(=O)NCCOc1ccccc1C(C)(C)C)CN2S(C)(=O)=O. The summed E-state index contributed by atoms with van der Waals surface area (Å²) in [6.07, 6.45) is 0.183. The van der Waals surface area contributed by atoms with Crippen LogP contribution in [0.25, 0.3) is 0 Å². The van der Waals surface area contributed by atoms with Crippen LogP contribution in [-0.2, 0) is 20.2 Å². The second-order valence-corrected chi connectivity index (χ2v) is 10.7. The van der Waals surface area contributed by atoms with Crippen molar-refractivity contribution >= 4 is 21.6 Å². The summed E-state index contributed by atoms with van der Waals surface area (Å²) in [5, 5.41) is 2.79. The first-order valence-electron chi connectivity index (χ1n) is 10.2. The van der Waals surface area contributed by atoms with Gasteiger partial charge in [0.05, 0.1) is 25.0 Å². The average molecular weight is 447 g/mol. The second-order valence-electron chi connectivity index (χ2n) is 8.76. The highest BCUT2D eigenvalue weighted by atomic mass is 32.2. The molecular weight excluding hydrogens is 416 g/mol. The lowest BCUT2D eigenvalue weighted by atomic mass is 9.86. The molecule has 1 amide bonds. The van der Waals surface area contributed by atoms with Crippen molar-refractivity contribution < 1.29 is 22.7 Å². The topological polar surface area (TPSA) is 84.9 Å². The van der Waals surface area contributed by atoms with Gasteiger partial charge in [-0.25, -0.2) is 8.42 Å². The fraction of sp³-hybridized carbons (Fsp3) is 0.435. The minimum Gasteiger partial charge on any atom is -0.491 e. The fourth-order valence-electron chi connectivity index (χ4n) is 3.47. The van der Waals surface area contributed by atoms with E-state index in [4.69, 9.17) is 9.47 Å². The van der Waals surface area contributed by atoms with Crippen molar-refractivity contribution in [2.75, 3.05) is 30.3 Å². The van der Waals surface area contributed by atoms with Gasteiger partial charge in [-0.2, -0.15) is 0 Å². The molecule has 2 aromatic rings. The molecule has 1 aliphatic rings. The Balaban J connectivity index is 1.63. The van der Waals surface area contributed by atoms with Crippen molar-refractivity contribution in [3.05, 3.63) is 53.6 Å². The van der Waals surface area contributed by atoms with Gasteiger partial charge in [0.1, 0.15) is 18.1 Å². The predicted molar refractivity (Wildman–Crippen MR) is 121 cm³/mol. The van der Waals surface area contributed by atoms with Gasteiger partial charge in [-0.3, -0.25) is 9.10 Å². The summed E-state index contributed by atoms with van der Waals surface area (Å²) in [4.78, 5) is 12.7. The number of benzene rings is 2. The molecule has 7 nitrogen and oxygen atoms in total. The molecule has 0 saturated heterocycles. The van der Waals surface area contributed by atoms with Crippen molar-refractivity contribution in [3.8, 4) is 11.5 Å². The van der Waals surface area contributed by atoms with Crippen LogP contribution >= 0.6 is 0 Å². The van der Waals surface area contributed by atoms with E-state index >= 15 is 0 Å². The van der Waals surface area contributed by atoms with E-state index < -0.39 is 16.1 Å². The first-order valence-corrected chi connectivity index (χ1v) is 12.1. The van der Waals surface area contributed by atoms with Gasteiger partial charge in [0, 0.05) is 0 Å². The highest BCUT2D eigenvalue weighted by molar-refractivity contribution is 7.92. The highest BCUT2D eigenvalue weighted by Crippen LogP contribution is 2.35. The molecule has 0 bridgehead atoms. The monoisotopic (exact) mass is 446 g/mol. The maximum atomic E-state index is 12.7. The molecule has 1 atom stereocenters. The molecule has 0 fully saturated rings. The molecule has 0 saturated carbocycles. The maximum absolute atomic E-state index is 12.7. The number of rotatable bonds is 6. The Morgan fingerprint density at radius 2 is 1.94 bits per heavy atom. The summed E-state index contributed by atoms with van der Waals surface area (Å²) < 4.78 is 37.4. The molecule has 1 aliphatic heterocycles. The van der Waals surface area contributed by atoms with Gasteiger partial charge >= 0.3 is 0 Å². The van der Waals surface area contributed by atoms with E-state index in [2.05, 4.69) is 26.1 Å². The standard InChI is InChI=1S/C23H30N2O5S/c1-16-10-11-18-20(14-16)30-21(15-25(18)31(5,27)28)22(26)24-12-13-29-19-9-7-6-8-17(19)23(2,3)4/h6-11,14,21H,12-13,15H2,1-5H3,(H,24,26)/t21-/m0/s1. The van der Waals surface area contributed by atoms with Crippen LogP contribution in [0.4, 0.5) is 5.69 Å². The van der Waals surface area contributed by atoms with Crippen LogP contribution in [0.2, 0.25) is 0 Å². The number of para-hydroxylation sites is 1. The number of hydrogen-bond acceptors (Lipinski definition) is 5. The van der Waals surface area contributed by atoms with Crippen molar-refractivity contribution in [3.63, 3.8) is 0 Å². The van der Waals surface area contributed by atoms with Gasteiger partial charge < -0.3 is 14.8 Å². The Hall–Kier alpha value is -2.74. The van der Waals surface area contributed by atoms with Crippen molar-refractivity contribution in [2.45, 2.75) is 39.2 Å². The number of fused-ring (bicyclic) bond motifs is 1. The minimum atomic E-state index is -3.55. The zero-order valence-electron chi connectivity index (χ0n) is 18.6. The van der Waals surface area contributed by atoms with Gasteiger partial charge in [-0.1, -0.05) is 45.0 Å². The molecule has 8 heteroatoms. The van der Waals surface area contributed by atoms with Gasteiger partial charge in [-0.15, -0.1) is 0 Å². The van der Waals surface area contributed by atoms with E-state index in [1.54, 1.807) is 12.1 Å². The first-order chi connectivity index (χ1) is 14.5. The lowest BCUT2D eigenvalue weighted by Gasteiger charge is -2.34. The highest BCUT2D eigenvalue weighted by Gasteiger charge is 2.35. The summed E-state index contributed by atoms with van der Waals surface area (Å²) >= 11 is 0. The molecule has 2 aromatic carbocycles. The van der Waals surface area contributed by atoms with Crippen molar-refractivity contribution in [2.24, 2.45) is 0 Å². The fourth-order valence-corrected chi connectivity index (χ4v) is 4.39. The molecular formula is C23H30N2O5S. The molecule has 1 heterocycles. The number of aryl methyl sites for hydroxylation is 1. The van der Waals surface area contributed by atoms with Crippen LogP contribution in [0.1, 0.15) is 31.9 Å². The first kappa shape index (κ1) is 22.9. The van der Waals surface area contributed by atoms with E-state index in [-0.39, 0.29) is 31.0 Å². The quantitative estimate of drug-likeness (QED) is 0.690. The number of carbonyl (C=O) groups excluding carboxylic acids is 1. The number of amides is 1. The van der Waals surface area contributed by atoms with E-state index in [0.29, 0.717) is 11.4 Å². The average Bonchev–Trinajstić information content (AvgIpc) is 2.68. The number of carbonyl (C=O) groups is 1. The van der Waals surface area contributed by atoms with Gasteiger partial charge in [-0.05, 0) is 41.7 Å². The van der Waals surface area contributed by atoms with Gasteiger partial charge in [0.2, 0.25) is 10.0 Å². The molecule has 0 aromatic heterocycles. The molecule has 0 radical (unpaired) electrons. The lowest BCUT2D eigenvalue weighted by Crippen LogP contribution is -2.51. The Kier molecular flexibility index (Phi) is 6.50. The third-order valence-corrected chi connectivity index (χ3v) is 6.18. The van der Waals surface area contributed by atoms with Crippen LogP contribution in [0.5, 0.6) is 11.5 Å². The van der Waals surface area contributed by atoms with E-state index in [1.807, 2.05) is 37.3 Å². The number of hydrogen-bond donors (Lipinski definition) is 1. The van der Waals surface area contributed by atoms with Crippen LogP contribution in [-0.4, -0.2) is 46.4 Å². The molecule has 0 aliphatic carbocycles. The normalized spacial score (nSPS) is 16.3. The molecule has 168 valence electrons. The zero-order chi connectivity index (χ0) is 22.8. The number of ether oxygens (including phenoxy) is 2. The van der Waals surface area contributed by atoms with Gasteiger partial charge in [0.25, 0.3) is 5.91 Å².